The molecule has 0 aromatic heterocycles. The van der Waals surface area contributed by atoms with Crippen molar-refractivity contribution in [2.75, 3.05) is 20.1 Å². The highest BCUT2D eigenvalue weighted by Gasteiger charge is 2.21. The van der Waals surface area contributed by atoms with E-state index < -0.39 is 0 Å². The van der Waals surface area contributed by atoms with E-state index in [1.165, 1.54) is 25.7 Å². The predicted molar refractivity (Wildman–Crippen MR) is 69.5 cm³/mol. The van der Waals surface area contributed by atoms with Crippen molar-refractivity contribution >= 4 is 0 Å². The highest BCUT2D eigenvalue weighted by atomic mass is 16.3. The standard InChI is InChI=1S/C14H29NO/c1-14(2,3)11-15(4)10-13(16)9-12-7-5-6-8-12/h12-13,16H,5-11H2,1-4H3. The average Bonchev–Trinajstić information content (AvgIpc) is 2.51. The molecule has 0 bridgehead atoms. The van der Waals surface area contributed by atoms with E-state index in [0.717, 1.165) is 25.4 Å². The zero-order chi connectivity index (χ0) is 12.2. The second kappa shape index (κ2) is 6.02. The minimum atomic E-state index is -0.129. The zero-order valence-corrected chi connectivity index (χ0v) is 11.5. The average molecular weight is 227 g/mol. The van der Waals surface area contributed by atoms with Gasteiger partial charge in [-0.05, 0) is 24.8 Å². The van der Waals surface area contributed by atoms with Gasteiger partial charge < -0.3 is 10.0 Å². The summed E-state index contributed by atoms with van der Waals surface area (Å²) in [5.41, 5.74) is 0.321. The Balaban J connectivity index is 2.19. The summed E-state index contributed by atoms with van der Waals surface area (Å²) in [5, 5.41) is 10.0. The number of likely N-dealkylation sites (N-methyl/N-ethyl adjacent to an activating group) is 1. The van der Waals surface area contributed by atoms with Crippen LogP contribution in [0, 0.1) is 11.3 Å². The zero-order valence-electron chi connectivity index (χ0n) is 11.5. The van der Waals surface area contributed by atoms with E-state index in [-0.39, 0.29) is 6.10 Å². The minimum absolute atomic E-state index is 0.129. The van der Waals surface area contributed by atoms with Crippen molar-refractivity contribution in [3.63, 3.8) is 0 Å². The number of aliphatic hydroxyl groups excluding tert-OH is 1. The van der Waals surface area contributed by atoms with Crippen LogP contribution in [0.4, 0.5) is 0 Å². The molecule has 1 fully saturated rings. The third kappa shape index (κ3) is 5.86. The maximum Gasteiger partial charge on any atom is 0.0669 e. The van der Waals surface area contributed by atoms with E-state index in [4.69, 9.17) is 0 Å². The number of rotatable bonds is 5. The summed E-state index contributed by atoms with van der Waals surface area (Å²) in [4.78, 5) is 2.26. The lowest BCUT2D eigenvalue weighted by Gasteiger charge is -2.28. The lowest BCUT2D eigenvalue weighted by molar-refractivity contribution is 0.0884. The summed E-state index contributed by atoms with van der Waals surface area (Å²) in [7, 11) is 2.11. The molecule has 96 valence electrons. The van der Waals surface area contributed by atoms with E-state index in [0.29, 0.717) is 5.41 Å². The first kappa shape index (κ1) is 14.0. The fourth-order valence-corrected chi connectivity index (χ4v) is 2.94. The van der Waals surface area contributed by atoms with Crippen molar-refractivity contribution in [2.45, 2.75) is 59.0 Å². The topological polar surface area (TPSA) is 23.5 Å². The van der Waals surface area contributed by atoms with Crippen LogP contribution >= 0.6 is 0 Å². The molecule has 0 aromatic rings. The Bertz CT molecular complexity index is 191. The summed E-state index contributed by atoms with van der Waals surface area (Å²) >= 11 is 0. The van der Waals surface area contributed by atoms with E-state index in [9.17, 15) is 5.11 Å². The van der Waals surface area contributed by atoms with Gasteiger partial charge >= 0.3 is 0 Å². The summed E-state index contributed by atoms with van der Waals surface area (Å²) in [6.07, 6.45) is 6.29. The number of nitrogens with zero attached hydrogens (tertiary/aromatic N) is 1. The summed E-state index contributed by atoms with van der Waals surface area (Å²) in [6.45, 7) is 8.61. The van der Waals surface area contributed by atoms with Crippen LogP contribution in [0.15, 0.2) is 0 Å². The number of hydrogen-bond acceptors (Lipinski definition) is 2. The molecule has 1 N–H and O–H groups in total. The highest BCUT2D eigenvalue weighted by molar-refractivity contribution is 4.74. The monoisotopic (exact) mass is 227 g/mol. The van der Waals surface area contributed by atoms with Gasteiger partial charge in [-0.3, -0.25) is 0 Å². The summed E-state index contributed by atoms with van der Waals surface area (Å²) < 4.78 is 0. The van der Waals surface area contributed by atoms with Crippen molar-refractivity contribution in [1.29, 1.82) is 0 Å². The van der Waals surface area contributed by atoms with Crippen molar-refractivity contribution in [2.24, 2.45) is 11.3 Å². The van der Waals surface area contributed by atoms with Crippen molar-refractivity contribution in [3.8, 4) is 0 Å². The molecule has 0 radical (unpaired) electrons. The quantitative estimate of drug-likeness (QED) is 0.780. The molecule has 0 saturated heterocycles. The fraction of sp³-hybridized carbons (Fsp3) is 1.00. The Hall–Kier alpha value is -0.0800. The Kier molecular flexibility index (Phi) is 5.26. The Labute approximate surface area is 101 Å². The second-order valence-electron chi connectivity index (χ2n) is 6.80. The van der Waals surface area contributed by atoms with Crippen LogP contribution in [-0.2, 0) is 0 Å². The van der Waals surface area contributed by atoms with Gasteiger partial charge in [0.1, 0.15) is 0 Å². The van der Waals surface area contributed by atoms with E-state index in [1.54, 1.807) is 0 Å². The largest absolute Gasteiger partial charge is 0.392 e. The van der Waals surface area contributed by atoms with Gasteiger partial charge in [0.05, 0.1) is 6.10 Å². The van der Waals surface area contributed by atoms with Crippen LogP contribution in [0.3, 0.4) is 0 Å². The van der Waals surface area contributed by atoms with E-state index in [2.05, 4.69) is 32.7 Å². The molecule has 1 aliphatic carbocycles. The van der Waals surface area contributed by atoms with Crippen LogP contribution in [0.5, 0.6) is 0 Å². The summed E-state index contributed by atoms with van der Waals surface area (Å²) in [6, 6.07) is 0. The molecule has 1 saturated carbocycles. The number of hydrogen-bond donors (Lipinski definition) is 1. The van der Waals surface area contributed by atoms with Crippen LogP contribution in [-0.4, -0.2) is 36.2 Å². The van der Waals surface area contributed by atoms with E-state index in [1.807, 2.05) is 0 Å². The fourth-order valence-electron chi connectivity index (χ4n) is 2.94. The van der Waals surface area contributed by atoms with Crippen molar-refractivity contribution in [3.05, 3.63) is 0 Å². The Morgan fingerprint density at radius 3 is 2.31 bits per heavy atom. The lowest BCUT2D eigenvalue weighted by atomic mass is 9.95. The molecule has 0 aromatic carbocycles. The maximum absolute atomic E-state index is 10.0. The third-order valence-electron chi connectivity index (χ3n) is 3.35. The highest BCUT2D eigenvalue weighted by Crippen LogP contribution is 2.28. The molecule has 1 unspecified atom stereocenters. The van der Waals surface area contributed by atoms with Gasteiger partial charge in [-0.2, -0.15) is 0 Å². The molecule has 2 nitrogen and oxygen atoms in total. The second-order valence-corrected chi connectivity index (χ2v) is 6.80. The van der Waals surface area contributed by atoms with E-state index >= 15 is 0 Å². The van der Waals surface area contributed by atoms with Crippen molar-refractivity contribution in [1.82, 2.24) is 4.90 Å². The molecule has 0 spiro atoms. The SMILES string of the molecule is CN(CC(O)CC1CCCC1)CC(C)(C)C. The molecular weight excluding hydrogens is 198 g/mol. The molecule has 0 amide bonds. The summed E-state index contributed by atoms with van der Waals surface area (Å²) in [5.74, 6) is 0.790. The first-order chi connectivity index (χ1) is 7.37. The first-order valence-corrected chi connectivity index (χ1v) is 6.73. The normalized spacial score (nSPS) is 20.6. The molecule has 2 heteroatoms. The Morgan fingerprint density at radius 1 is 1.25 bits per heavy atom. The van der Waals surface area contributed by atoms with Crippen molar-refractivity contribution < 1.29 is 5.11 Å². The molecule has 0 aliphatic heterocycles. The van der Waals surface area contributed by atoms with Gasteiger partial charge in [0.2, 0.25) is 0 Å². The molecule has 16 heavy (non-hydrogen) atoms. The van der Waals surface area contributed by atoms with Crippen LogP contribution in [0.1, 0.15) is 52.9 Å². The van der Waals surface area contributed by atoms with Gasteiger partial charge in [0.15, 0.2) is 0 Å². The number of aliphatic hydroxyl groups is 1. The third-order valence-corrected chi connectivity index (χ3v) is 3.35. The smallest absolute Gasteiger partial charge is 0.0669 e. The minimum Gasteiger partial charge on any atom is -0.392 e. The maximum atomic E-state index is 10.0. The van der Waals surface area contributed by atoms with Gasteiger partial charge in [0, 0.05) is 13.1 Å². The lowest BCUT2D eigenvalue weighted by Crippen LogP contribution is -2.35. The van der Waals surface area contributed by atoms with Crippen LogP contribution < -0.4 is 0 Å². The van der Waals surface area contributed by atoms with Gasteiger partial charge in [-0.1, -0.05) is 46.5 Å². The predicted octanol–water partition coefficient (Wildman–Crippen LogP) is 2.91. The van der Waals surface area contributed by atoms with Gasteiger partial charge in [0.25, 0.3) is 0 Å². The van der Waals surface area contributed by atoms with Crippen LogP contribution in [0.2, 0.25) is 0 Å². The molecular formula is C14H29NO. The molecule has 1 atom stereocenters. The van der Waals surface area contributed by atoms with Gasteiger partial charge in [-0.25, -0.2) is 0 Å². The molecule has 1 aliphatic rings. The molecule has 0 heterocycles. The van der Waals surface area contributed by atoms with Crippen LogP contribution in [0.25, 0.3) is 0 Å². The Morgan fingerprint density at radius 2 is 1.81 bits per heavy atom. The first-order valence-electron chi connectivity index (χ1n) is 6.73. The molecule has 1 rings (SSSR count). The van der Waals surface area contributed by atoms with Gasteiger partial charge in [-0.15, -0.1) is 0 Å².